The third-order valence-electron chi connectivity index (χ3n) is 15.8. The van der Waals surface area contributed by atoms with Crippen molar-refractivity contribution in [1.29, 1.82) is 5.26 Å². The number of hydrogen-bond acceptors (Lipinski definition) is 5. The van der Waals surface area contributed by atoms with Crippen LogP contribution in [0.25, 0.3) is 166 Å². The van der Waals surface area contributed by atoms with Crippen molar-refractivity contribution in [2.75, 3.05) is 0 Å². The monoisotopic (exact) mass is 1000 g/mol. The van der Waals surface area contributed by atoms with Crippen molar-refractivity contribution >= 4 is 156 Å². The molecule has 8 heteroatoms. The predicted molar refractivity (Wildman–Crippen MR) is 317 cm³/mol. The maximum Gasteiger partial charge on any atom is 0.220 e. The standard InChI is InChI=1S/C68H34N4O2S2/c1-70-62-60(37-26-32-56-49(34-37)41-16-4-10-22-54(41)73-56)51(36-69)63(71-52-20-8-2-14-39(52)45-28-30-47-43-18-6-12-24-58(43)75-67(47)64(45)71)61(38-27-33-57-50(35-38)42-17-5-11-23-55(42)74-57)66(62)72-53-21-9-3-15-40(53)46-29-31-48-44-19-7-13-25-59(44)76-68(48)65(46)72/h2-35H. The number of rotatable bonds is 4. The third kappa shape index (κ3) is 5.45. The highest BCUT2D eigenvalue weighted by molar-refractivity contribution is 7.27. The number of nitriles is 1. The molecule has 0 bridgehead atoms. The van der Waals surface area contributed by atoms with Crippen molar-refractivity contribution in [3.8, 4) is 39.7 Å². The molecule has 0 aliphatic heterocycles. The van der Waals surface area contributed by atoms with Crippen LogP contribution in [-0.4, -0.2) is 9.13 Å². The fourth-order valence-corrected chi connectivity index (χ4v) is 15.1. The Kier molecular flexibility index (Phi) is 8.36. The second-order valence-electron chi connectivity index (χ2n) is 19.6. The molecule has 11 aromatic carbocycles. The van der Waals surface area contributed by atoms with E-state index in [2.05, 4.69) is 173 Å². The number of fused-ring (bicyclic) bond motifs is 20. The van der Waals surface area contributed by atoms with Crippen molar-refractivity contribution in [2.24, 2.45) is 0 Å². The molecule has 0 saturated heterocycles. The summed E-state index contributed by atoms with van der Waals surface area (Å²) in [5.41, 5.74) is 12.0. The zero-order valence-electron chi connectivity index (χ0n) is 40.1. The lowest BCUT2D eigenvalue weighted by Crippen LogP contribution is -2.09. The van der Waals surface area contributed by atoms with Crippen molar-refractivity contribution in [2.45, 2.75) is 0 Å². The van der Waals surface area contributed by atoms with Gasteiger partial charge in [0.25, 0.3) is 0 Å². The molecule has 17 aromatic rings. The van der Waals surface area contributed by atoms with Crippen LogP contribution in [0.2, 0.25) is 0 Å². The largest absolute Gasteiger partial charge is 0.456 e. The number of nitrogens with zero attached hydrogens (tertiary/aromatic N) is 4. The van der Waals surface area contributed by atoms with Crippen molar-refractivity contribution in [3.05, 3.63) is 223 Å². The van der Waals surface area contributed by atoms with E-state index in [4.69, 9.17) is 13.7 Å². The zero-order chi connectivity index (χ0) is 49.9. The number of aromatic nitrogens is 2. The van der Waals surface area contributed by atoms with E-state index in [1.54, 1.807) is 22.7 Å². The summed E-state index contributed by atoms with van der Waals surface area (Å²) in [5, 5.41) is 25.2. The Morgan fingerprint density at radius 3 is 1.33 bits per heavy atom. The summed E-state index contributed by atoms with van der Waals surface area (Å²) >= 11 is 3.55. The van der Waals surface area contributed by atoms with Crippen molar-refractivity contribution in [1.82, 2.24) is 9.13 Å². The second kappa shape index (κ2) is 15.3. The van der Waals surface area contributed by atoms with Gasteiger partial charge in [-0.2, -0.15) is 5.26 Å². The molecule has 6 nitrogen and oxygen atoms in total. The minimum Gasteiger partial charge on any atom is -0.456 e. The van der Waals surface area contributed by atoms with E-state index < -0.39 is 0 Å². The molecule has 0 fully saturated rings. The predicted octanol–water partition coefficient (Wildman–Crippen LogP) is 20.2. The van der Waals surface area contributed by atoms with Crippen LogP contribution in [0.4, 0.5) is 5.69 Å². The fraction of sp³-hybridized carbons (Fsp3) is 0. The first-order valence-electron chi connectivity index (χ1n) is 25.2. The highest BCUT2D eigenvalue weighted by atomic mass is 32.1. The van der Waals surface area contributed by atoms with Crippen LogP contribution in [0.15, 0.2) is 215 Å². The molecular formula is C68H34N4O2S2. The fourth-order valence-electron chi connectivity index (χ4n) is 12.6. The van der Waals surface area contributed by atoms with E-state index in [-0.39, 0.29) is 0 Å². The number of para-hydroxylation sites is 4. The molecule has 0 atom stereocenters. The van der Waals surface area contributed by atoms with Crippen molar-refractivity contribution < 1.29 is 8.83 Å². The lowest BCUT2D eigenvalue weighted by Gasteiger charge is -2.26. The molecule has 0 radical (unpaired) electrons. The normalized spacial score (nSPS) is 12.2. The number of thiophene rings is 2. The van der Waals surface area contributed by atoms with Gasteiger partial charge in [-0.05, 0) is 71.8 Å². The van der Waals surface area contributed by atoms with Crippen LogP contribution >= 0.6 is 22.7 Å². The van der Waals surface area contributed by atoms with Crippen LogP contribution in [-0.2, 0) is 0 Å². The average molecular weight is 1000 g/mol. The van der Waals surface area contributed by atoms with Gasteiger partial charge in [0.1, 0.15) is 28.4 Å². The summed E-state index contributed by atoms with van der Waals surface area (Å²) < 4.78 is 22.3. The van der Waals surface area contributed by atoms with Crippen LogP contribution in [0.3, 0.4) is 0 Å². The van der Waals surface area contributed by atoms with Crippen molar-refractivity contribution in [3.63, 3.8) is 0 Å². The maximum atomic E-state index is 12.4. The number of furan rings is 2. The molecule has 0 N–H and O–H groups in total. The van der Waals surface area contributed by atoms with E-state index in [9.17, 15) is 11.8 Å². The van der Waals surface area contributed by atoms with E-state index in [0.29, 0.717) is 28.2 Å². The molecule has 350 valence electrons. The van der Waals surface area contributed by atoms with Gasteiger partial charge in [-0.1, -0.05) is 146 Å². The van der Waals surface area contributed by atoms with Crippen LogP contribution in [0.5, 0.6) is 0 Å². The lowest BCUT2D eigenvalue weighted by atomic mass is 9.88. The molecule has 6 aromatic heterocycles. The van der Waals surface area contributed by atoms with Gasteiger partial charge in [0.05, 0.1) is 55.0 Å². The molecule has 0 aliphatic rings. The van der Waals surface area contributed by atoms with Gasteiger partial charge in [-0.15, -0.1) is 22.7 Å². The van der Waals surface area contributed by atoms with Gasteiger partial charge in [0.15, 0.2) is 0 Å². The topological polar surface area (TPSA) is 64.3 Å². The highest BCUT2D eigenvalue weighted by Gasteiger charge is 2.33. The smallest absolute Gasteiger partial charge is 0.220 e. The van der Waals surface area contributed by atoms with E-state index in [1.807, 2.05) is 48.5 Å². The van der Waals surface area contributed by atoms with Crippen LogP contribution in [0, 0.1) is 17.9 Å². The minimum atomic E-state index is 0.369. The summed E-state index contributed by atoms with van der Waals surface area (Å²) in [7, 11) is 0. The van der Waals surface area contributed by atoms with E-state index in [1.165, 1.54) is 20.2 Å². The molecule has 0 aliphatic carbocycles. The summed E-state index contributed by atoms with van der Waals surface area (Å²) in [6, 6.07) is 75.0. The van der Waals surface area contributed by atoms with Gasteiger partial charge in [-0.3, -0.25) is 0 Å². The molecule has 76 heavy (non-hydrogen) atoms. The molecule has 17 rings (SSSR count). The van der Waals surface area contributed by atoms with Gasteiger partial charge < -0.3 is 18.0 Å². The van der Waals surface area contributed by atoms with E-state index in [0.717, 1.165) is 124 Å². The summed E-state index contributed by atoms with van der Waals surface area (Å²) in [5.74, 6) is 0. The van der Waals surface area contributed by atoms with Gasteiger partial charge in [0.2, 0.25) is 5.69 Å². The first-order valence-corrected chi connectivity index (χ1v) is 26.8. The second-order valence-corrected chi connectivity index (χ2v) is 21.7. The van der Waals surface area contributed by atoms with Gasteiger partial charge in [-0.25, -0.2) is 4.85 Å². The van der Waals surface area contributed by atoms with E-state index >= 15 is 0 Å². The molecule has 6 heterocycles. The maximum absolute atomic E-state index is 12.4. The highest BCUT2D eigenvalue weighted by Crippen LogP contribution is 2.55. The Morgan fingerprint density at radius 1 is 0.395 bits per heavy atom. The Bertz CT molecular complexity index is 5300. The molecule has 0 unspecified atom stereocenters. The quantitative estimate of drug-likeness (QED) is 0.165. The first-order chi connectivity index (χ1) is 37.6. The molecule has 0 spiro atoms. The summed E-state index contributed by atoms with van der Waals surface area (Å²) in [4.78, 5) is 4.72. The SMILES string of the molecule is [C-]#[N+]c1c(-c2ccc3oc4ccccc4c3c2)c(C#N)c(-n2c3ccccc3c3ccc4c5ccccc5sc4c32)c(-c2ccc3oc4ccccc4c3c2)c1-n1c2ccccc2c2ccc3c4ccccc4sc3c21. The Labute approximate surface area is 439 Å². The van der Waals surface area contributed by atoms with Crippen LogP contribution in [0.1, 0.15) is 5.56 Å². The molecular weight excluding hydrogens is 969 g/mol. The third-order valence-corrected chi connectivity index (χ3v) is 18.2. The summed E-state index contributed by atoms with van der Waals surface area (Å²) in [6.45, 7) is 9.70. The molecule has 0 amide bonds. The molecule has 0 saturated carbocycles. The zero-order valence-corrected chi connectivity index (χ0v) is 41.7. The van der Waals surface area contributed by atoms with Gasteiger partial charge in [0, 0.05) is 85.2 Å². The van der Waals surface area contributed by atoms with Crippen LogP contribution < -0.4 is 0 Å². The van der Waals surface area contributed by atoms with Gasteiger partial charge >= 0.3 is 0 Å². The number of benzene rings is 11. The Hall–Kier alpha value is -9.96. The minimum absolute atomic E-state index is 0.369. The average Bonchev–Trinajstić information content (AvgIpc) is 4.44. The Balaban J connectivity index is 1.17. The summed E-state index contributed by atoms with van der Waals surface area (Å²) in [6.07, 6.45) is 0. The Morgan fingerprint density at radius 2 is 0.816 bits per heavy atom. The first kappa shape index (κ1) is 41.5. The lowest BCUT2D eigenvalue weighted by molar-refractivity contribution is 0.668. The number of hydrogen-bond donors (Lipinski definition) is 0.